The molecule has 43 heavy (non-hydrogen) atoms. The standard InChI is InChI=1S/C26H27ClF4N4O8/c1-2-40-23-32-11-16(12-33-23)41-13-20(37)34-24-5-7-25(8-6-24,19(36)10-24)35(43-22(39)26(29,30)31)21(38)14-42-15-3-4-17(27)18(28)9-15/h3-4,9,11-12,19,36H,2,5-8,10,13-14H2,1H3,(H,34,37)/t19-,24?,25?/m0/s1. The number of rotatable bonds is 10. The maximum atomic E-state index is 13.7. The number of hydrogen-bond donors (Lipinski definition) is 2. The lowest BCUT2D eigenvalue weighted by Gasteiger charge is -2.58. The minimum atomic E-state index is -5.45. The van der Waals surface area contributed by atoms with Crippen molar-refractivity contribution < 1.29 is 56.1 Å². The fraction of sp³-hybridized carbons (Fsp3) is 0.500. The molecule has 2 aromatic rings. The van der Waals surface area contributed by atoms with Crippen molar-refractivity contribution in [3.63, 3.8) is 0 Å². The number of fused-ring (bicyclic) bond motifs is 3. The first-order valence-electron chi connectivity index (χ1n) is 13.0. The number of benzene rings is 1. The Morgan fingerprint density at radius 1 is 1.07 bits per heavy atom. The summed E-state index contributed by atoms with van der Waals surface area (Å²) in [4.78, 5) is 50.0. The van der Waals surface area contributed by atoms with Crippen LogP contribution in [0.5, 0.6) is 17.5 Å². The van der Waals surface area contributed by atoms with Crippen molar-refractivity contribution in [3.05, 3.63) is 41.4 Å². The molecule has 1 atom stereocenters. The lowest BCUT2D eigenvalue weighted by molar-refractivity contribution is -0.277. The van der Waals surface area contributed by atoms with Crippen LogP contribution in [0, 0.1) is 5.82 Å². The van der Waals surface area contributed by atoms with E-state index in [0.29, 0.717) is 6.61 Å². The molecule has 12 nitrogen and oxygen atoms in total. The van der Waals surface area contributed by atoms with E-state index >= 15 is 0 Å². The minimum absolute atomic E-state index is 0.124. The molecule has 1 aromatic carbocycles. The highest BCUT2D eigenvalue weighted by atomic mass is 35.5. The Kier molecular flexibility index (Phi) is 9.49. The van der Waals surface area contributed by atoms with Crippen LogP contribution in [0.15, 0.2) is 30.6 Å². The number of nitrogens with zero attached hydrogens (tertiary/aromatic N) is 3. The number of aliphatic hydroxyl groups is 1. The van der Waals surface area contributed by atoms with E-state index in [2.05, 4.69) is 20.1 Å². The van der Waals surface area contributed by atoms with Crippen molar-refractivity contribution in [1.82, 2.24) is 20.3 Å². The zero-order valence-electron chi connectivity index (χ0n) is 22.7. The largest absolute Gasteiger partial charge is 0.493 e. The van der Waals surface area contributed by atoms with Crippen molar-refractivity contribution in [1.29, 1.82) is 0 Å². The Morgan fingerprint density at radius 2 is 1.72 bits per heavy atom. The number of carbonyl (C=O) groups is 3. The Balaban J connectivity index is 1.43. The van der Waals surface area contributed by atoms with Crippen molar-refractivity contribution in [2.24, 2.45) is 0 Å². The summed E-state index contributed by atoms with van der Waals surface area (Å²) >= 11 is 5.62. The summed E-state index contributed by atoms with van der Waals surface area (Å²) in [5, 5.41) is 13.9. The molecule has 2 bridgehead atoms. The van der Waals surface area contributed by atoms with Crippen molar-refractivity contribution >= 4 is 29.4 Å². The van der Waals surface area contributed by atoms with Gasteiger partial charge in [-0.15, -0.1) is 0 Å². The van der Waals surface area contributed by atoms with E-state index in [1.807, 2.05) is 0 Å². The normalized spacial score (nSPS) is 22.8. The summed E-state index contributed by atoms with van der Waals surface area (Å²) in [6.45, 7) is 0.763. The molecule has 3 saturated carbocycles. The monoisotopic (exact) mass is 634 g/mol. The van der Waals surface area contributed by atoms with Crippen LogP contribution >= 0.6 is 11.6 Å². The van der Waals surface area contributed by atoms with E-state index < -0.39 is 60.2 Å². The van der Waals surface area contributed by atoms with E-state index in [9.17, 15) is 37.1 Å². The molecule has 3 aliphatic rings. The maximum absolute atomic E-state index is 13.7. The average Bonchev–Trinajstić information content (AvgIpc) is 2.96. The van der Waals surface area contributed by atoms with E-state index in [4.69, 9.17) is 25.8 Å². The molecule has 0 aliphatic heterocycles. The van der Waals surface area contributed by atoms with Gasteiger partial charge in [-0.25, -0.2) is 9.18 Å². The number of amides is 2. The van der Waals surface area contributed by atoms with Crippen LogP contribution in [-0.4, -0.2) is 81.1 Å². The molecule has 17 heteroatoms. The van der Waals surface area contributed by atoms with E-state index in [-0.39, 0.29) is 59.7 Å². The predicted octanol–water partition coefficient (Wildman–Crippen LogP) is 2.91. The van der Waals surface area contributed by atoms with Gasteiger partial charge in [0.2, 0.25) is 0 Å². The minimum Gasteiger partial charge on any atom is -0.484 e. The summed E-state index contributed by atoms with van der Waals surface area (Å²) in [6, 6.07) is 3.37. The van der Waals surface area contributed by atoms with E-state index in [1.54, 1.807) is 6.92 Å². The van der Waals surface area contributed by atoms with Gasteiger partial charge in [0.05, 0.1) is 30.1 Å². The van der Waals surface area contributed by atoms with Gasteiger partial charge in [-0.05, 0) is 51.2 Å². The molecule has 0 radical (unpaired) electrons. The van der Waals surface area contributed by atoms with Crippen LogP contribution in [0.2, 0.25) is 5.02 Å². The molecule has 1 heterocycles. The van der Waals surface area contributed by atoms with E-state index in [0.717, 1.165) is 12.1 Å². The van der Waals surface area contributed by atoms with Gasteiger partial charge in [0.1, 0.15) is 17.1 Å². The smallest absolute Gasteiger partial charge is 0.484 e. The molecule has 3 aliphatic carbocycles. The third-order valence-corrected chi connectivity index (χ3v) is 7.53. The van der Waals surface area contributed by atoms with Crippen LogP contribution in [0.4, 0.5) is 17.6 Å². The summed E-state index contributed by atoms with van der Waals surface area (Å²) in [7, 11) is 0. The second-order valence-electron chi connectivity index (χ2n) is 10.0. The Bertz CT molecular complexity index is 1340. The number of halogens is 5. The fourth-order valence-electron chi connectivity index (χ4n) is 5.13. The number of ether oxygens (including phenoxy) is 3. The van der Waals surface area contributed by atoms with Gasteiger partial charge < -0.3 is 29.5 Å². The highest BCUT2D eigenvalue weighted by molar-refractivity contribution is 6.30. The average molecular weight is 635 g/mol. The van der Waals surface area contributed by atoms with Crippen LogP contribution < -0.4 is 19.5 Å². The summed E-state index contributed by atoms with van der Waals surface area (Å²) in [6.07, 6.45) is -4.49. The molecule has 1 aromatic heterocycles. The molecule has 0 spiro atoms. The number of carbonyl (C=O) groups excluding carboxylic acids is 3. The van der Waals surface area contributed by atoms with E-state index in [1.165, 1.54) is 18.5 Å². The number of aromatic nitrogens is 2. The van der Waals surface area contributed by atoms with Crippen LogP contribution in [0.3, 0.4) is 0 Å². The highest BCUT2D eigenvalue weighted by Crippen LogP contribution is 2.50. The fourth-order valence-corrected chi connectivity index (χ4v) is 5.25. The third-order valence-electron chi connectivity index (χ3n) is 7.22. The lowest BCUT2D eigenvalue weighted by Crippen LogP contribution is -2.71. The van der Waals surface area contributed by atoms with Crippen LogP contribution in [0.25, 0.3) is 0 Å². The zero-order valence-corrected chi connectivity index (χ0v) is 23.4. The Labute approximate surface area is 247 Å². The van der Waals surface area contributed by atoms with Crippen molar-refractivity contribution in [3.8, 4) is 17.5 Å². The van der Waals surface area contributed by atoms with Crippen LogP contribution in [-0.2, 0) is 19.2 Å². The number of alkyl halides is 3. The summed E-state index contributed by atoms with van der Waals surface area (Å²) < 4.78 is 68.9. The Hall–Kier alpha value is -3.92. The first-order valence-corrected chi connectivity index (χ1v) is 13.4. The van der Waals surface area contributed by atoms with Crippen molar-refractivity contribution in [2.75, 3.05) is 19.8 Å². The molecule has 3 fully saturated rings. The number of nitrogens with one attached hydrogen (secondary N) is 1. The van der Waals surface area contributed by atoms with Gasteiger partial charge in [-0.2, -0.15) is 28.2 Å². The molecule has 2 N–H and O–H groups in total. The molecule has 0 unspecified atom stereocenters. The molecule has 2 amide bonds. The third kappa shape index (κ3) is 7.36. The molecule has 0 saturated heterocycles. The topological polar surface area (TPSA) is 149 Å². The SMILES string of the molecule is CCOc1ncc(OCC(=O)NC23CCC(N(OC(=O)C(F)(F)F)C(=O)COc4ccc(Cl)c(F)c4)(CC2)[C@@H](O)C3)cn1. The molecule has 5 rings (SSSR count). The van der Waals surface area contributed by atoms with Gasteiger partial charge in [-0.1, -0.05) is 11.6 Å². The van der Waals surface area contributed by atoms with Crippen molar-refractivity contribution in [2.45, 2.75) is 62.4 Å². The van der Waals surface area contributed by atoms with Gasteiger partial charge in [-0.3, -0.25) is 9.59 Å². The number of aliphatic hydroxyl groups excluding tert-OH is 1. The van der Waals surface area contributed by atoms with Gasteiger partial charge in [0, 0.05) is 11.6 Å². The maximum Gasteiger partial charge on any atom is 0.493 e. The predicted molar refractivity (Wildman–Crippen MR) is 137 cm³/mol. The Morgan fingerprint density at radius 3 is 2.30 bits per heavy atom. The highest BCUT2D eigenvalue weighted by Gasteiger charge is 2.61. The second-order valence-corrected chi connectivity index (χ2v) is 10.4. The summed E-state index contributed by atoms with van der Waals surface area (Å²) in [5.74, 6) is -5.27. The number of hydrogen-bond acceptors (Lipinski definition) is 10. The zero-order chi connectivity index (χ0) is 31.4. The first-order chi connectivity index (χ1) is 20.3. The van der Waals surface area contributed by atoms with Gasteiger partial charge in [0.15, 0.2) is 19.0 Å². The lowest BCUT2D eigenvalue weighted by atomic mass is 9.59. The van der Waals surface area contributed by atoms with Gasteiger partial charge in [0.25, 0.3) is 11.8 Å². The molecular weight excluding hydrogens is 608 g/mol. The number of hydroxylamine groups is 2. The van der Waals surface area contributed by atoms with Crippen LogP contribution in [0.1, 0.15) is 39.0 Å². The van der Waals surface area contributed by atoms with Gasteiger partial charge >= 0.3 is 18.2 Å². The summed E-state index contributed by atoms with van der Waals surface area (Å²) in [5.41, 5.74) is -2.70. The first kappa shape index (κ1) is 32.0. The molecular formula is C26H27ClF4N4O8. The molecule has 234 valence electrons. The second kappa shape index (κ2) is 12.8. The quantitative estimate of drug-likeness (QED) is 0.295.